The molecule has 1 heterocycles. The highest BCUT2D eigenvalue weighted by atomic mass is 16.5. The fourth-order valence-electron chi connectivity index (χ4n) is 0.863. The van der Waals surface area contributed by atoms with Crippen molar-refractivity contribution < 1.29 is 20.1 Å². The van der Waals surface area contributed by atoms with Crippen molar-refractivity contribution in [3.05, 3.63) is 0 Å². The van der Waals surface area contributed by atoms with E-state index in [1.165, 1.54) is 0 Å². The Morgan fingerprint density at radius 1 is 1.36 bits per heavy atom. The van der Waals surface area contributed by atoms with Gasteiger partial charge in [0.15, 0.2) is 0 Å². The summed E-state index contributed by atoms with van der Waals surface area (Å²) in [5, 5.41) is 26.1. The first-order chi connectivity index (χ1) is 5.26. The van der Waals surface area contributed by atoms with E-state index in [0.29, 0.717) is 5.71 Å². The van der Waals surface area contributed by atoms with Gasteiger partial charge in [-0.2, -0.15) is 0 Å². The van der Waals surface area contributed by atoms with Crippen LogP contribution in [0, 0.1) is 0 Å². The van der Waals surface area contributed by atoms with Gasteiger partial charge in [-0.25, -0.2) is 0 Å². The van der Waals surface area contributed by atoms with Crippen LogP contribution in [0.1, 0.15) is 0 Å². The van der Waals surface area contributed by atoms with E-state index in [0.717, 1.165) is 0 Å². The third-order valence-corrected chi connectivity index (χ3v) is 1.55. The Bertz CT molecular complexity index is 164. The number of hydrogen-bond acceptors (Lipinski definition) is 5. The molecule has 0 saturated heterocycles. The minimum atomic E-state index is -1.21. The van der Waals surface area contributed by atoms with E-state index in [4.69, 9.17) is 20.1 Å². The van der Waals surface area contributed by atoms with Crippen molar-refractivity contribution in [3.8, 4) is 0 Å². The van der Waals surface area contributed by atoms with Crippen molar-refractivity contribution in [1.82, 2.24) is 0 Å². The second kappa shape index (κ2) is 3.27. The lowest BCUT2D eigenvalue weighted by Gasteiger charge is -2.19. The molecule has 0 amide bonds. The average Bonchev–Trinajstić information content (AvgIpc) is 2.49. The van der Waals surface area contributed by atoms with Gasteiger partial charge >= 0.3 is 0 Å². The van der Waals surface area contributed by atoms with Gasteiger partial charge in [0, 0.05) is 0 Å². The highest BCUT2D eigenvalue weighted by Gasteiger charge is 2.34. The number of rotatable bonds is 3. The molecule has 11 heavy (non-hydrogen) atoms. The third kappa shape index (κ3) is 1.57. The van der Waals surface area contributed by atoms with Crippen LogP contribution in [-0.2, 0) is 4.74 Å². The van der Waals surface area contributed by atoms with E-state index < -0.39 is 5.72 Å². The van der Waals surface area contributed by atoms with Gasteiger partial charge in [0.1, 0.15) is 0 Å². The third-order valence-electron chi connectivity index (χ3n) is 1.55. The number of nitrogens with zero attached hydrogens (tertiary/aromatic N) is 1. The van der Waals surface area contributed by atoms with Crippen LogP contribution in [0.3, 0.4) is 0 Å². The highest BCUT2D eigenvalue weighted by Crippen LogP contribution is 2.17. The molecule has 0 radical (unpaired) electrons. The molecule has 0 spiro atoms. The molecule has 0 aromatic carbocycles. The summed E-state index contributed by atoms with van der Waals surface area (Å²) >= 11 is 0. The second-order valence-corrected chi connectivity index (χ2v) is 2.39. The molecule has 1 aliphatic rings. The van der Waals surface area contributed by atoms with Crippen LogP contribution >= 0.6 is 0 Å². The van der Waals surface area contributed by atoms with Crippen LogP contribution < -0.4 is 0 Å². The monoisotopic (exact) mass is 161 g/mol. The first kappa shape index (κ1) is 8.61. The summed E-state index contributed by atoms with van der Waals surface area (Å²) in [5.41, 5.74) is -0.758. The molecule has 64 valence electrons. The average molecular weight is 161 g/mol. The normalized spacial score (nSPS) is 21.9. The molecule has 0 aliphatic carbocycles. The quantitative estimate of drug-likeness (QED) is 0.453. The molecule has 5 nitrogen and oxygen atoms in total. The van der Waals surface area contributed by atoms with Crippen molar-refractivity contribution >= 4 is 5.71 Å². The first-order valence-electron chi connectivity index (χ1n) is 3.30. The van der Waals surface area contributed by atoms with Crippen LogP contribution in [0.5, 0.6) is 0 Å². The molecule has 0 saturated carbocycles. The molecule has 5 heteroatoms. The summed E-state index contributed by atoms with van der Waals surface area (Å²) < 4.78 is 4.98. The molecule has 0 atom stereocenters. The molecule has 1 aliphatic heterocycles. The van der Waals surface area contributed by atoms with Gasteiger partial charge in [-0.15, -0.1) is 0 Å². The van der Waals surface area contributed by atoms with E-state index in [-0.39, 0.29) is 26.4 Å². The molecular weight excluding hydrogens is 150 g/mol. The Balaban J connectivity index is 2.67. The van der Waals surface area contributed by atoms with Crippen LogP contribution in [0.25, 0.3) is 0 Å². The van der Waals surface area contributed by atoms with Gasteiger partial charge in [-0.05, 0) is 0 Å². The summed E-state index contributed by atoms with van der Waals surface area (Å²) in [6.45, 7) is -0.751. The SMILES string of the molecule is OCC1=NC(CO)(CO)OC1. The maximum atomic E-state index is 8.76. The zero-order chi connectivity index (χ0) is 8.32. The van der Waals surface area contributed by atoms with E-state index >= 15 is 0 Å². The number of hydrogen-bond donors (Lipinski definition) is 3. The minimum Gasteiger partial charge on any atom is -0.391 e. The fourth-order valence-corrected chi connectivity index (χ4v) is 0.863. The second-order valence-electron chi connectivity index (χ2n) is 2.39. The lowest BCUT2D eigenvalue weighted by molar-refractivity contribution is -0.0755. The summed E-state index contributed by atoms with van der Waals surface area (Å²) in [7, 11) is 0. The largest absolute Gasteiger partial charge is 0.391 e. The van der Waals surface area contributed by atoms with Gasteiger partial charge < -0.3 is 20.1 Å². The van der Waals surface area contributed by atoms with Crippen LogP contribution in [-0.4, -0.2) is 53.2 Å². The fraction of sp³-hybridized carbons (Fsp3) is 0.833. The Morgan fingerprint density at radius 2 is 2.00 bits per heavy atom. The number of ether oxygens (including phenoxy) is 1. The summed E-state index contributed by atoms with van der Waals surface area (Å²) in [5.74, 6) is 0. The number of aliphatic hydroxyl groups excluding tert-OH is 3. The Hall–Kier alpha value is -0.490. The van der Waals surface area contributed by atoms with E-state index in [1.807, 2.05) is 0 Å². The summed E-state index contributed by atoms with van der Waals surface area (Å²) in [6, 6.07) is 0. The number of aliphatic hydroxyl groups is 3. The maximum Gasteiger partial charge on any atom is 0.205 e. The topological polar surface area (TPSA) is 82.3 Å². The van der Waals surface area contributed by atoms with Gasteiger partial charge in [0.2, 0.25) is 5.72 Å². The van der Waals surface area contributed by atoms with E-state index in [9.17, 15) is 0 Å². The Labute approximate surface area is 63.9 Å². The molecule has 0 aromatic heterocycles. The van der Waals surface area contributed by atoms with Crippen molar-refractivity contribution in [1.29, 1.82) is 0 Å². The van der Waals surface area contributed by atoms with Crippen LogP contribution in [0.2, 0.25) is 0 Å². The first-order valence-corrected chi connectivity index (χ1v) is 3.30. The van der Waals surface area contributed by atoms with Gasteiger partial charge in [-0.3, -0.25) is 4.99 Å². The highest BCUT2D eigenvalue weighted by molar-refractivity contribution is 5.88. The Morgan fingerprint density at radius 3 is 2.27 bits per heavy atom. The van der Waals surface area contributed by atoms with Crippen molar-refractivity contribution in [2.45, 2.75) is 5.72 Å². The minimum absolute atomic E-state index is 0.178. The lowest BCUT2D eigenvalue weighted by Crippen LogP contribution is -2.35. The molecule has 0 aromatic rings. The van der Waals surface area contributed by atoms with Crippen molar-refractivity contribution in [2.75, 3.05) is 26.4 Å². The summed E-state index contributed by atoms with van der Waals surface area (Å²) in [6.07, 6.45) is 0. The predicted molar refractivity (Wildman–Crippen MR) is 37.4 cm³/mol. The van der Waals surface area contributed by atoms with Crippen LogP contribution in [0.4, 0.5) is 0 Å². The lowest BCUT2D eigenvalue weighted by atomic mass is 10.3. The number of aliphatic imine (C=N–C) groups is 1. The van der Waals surface area contributed by atoms with E-state index in [1.54, 1.807) is 0 Å². The molecular formula is C6H11NO4. The molecule has 1 rings (SSSR count). The standard InChI is InChI=1S/C6H11NO4/c8-1-5-2-11-6(3-9,4-10)7-5/h8-10H,1-4H2. The van der Waals surface area contributed by atoms with Crippen LogP contribution in [0.15, 0.2) is 4.99 Å². The van der Waals surface area contributed by atoms with Gasteiger partial charge in [0.05, 0.1) is 32.1 Å². The zero-order valence-corrected chi connectivity index (χ0v) is 6.03. The van der Waals surface area contributed by atoms with Gasteiger partial charge in [-0.1, -0.05) is 0 Å². The molecule has 3 N–H and O–H groups in total. The summed E-state index contributed by atoms with van der Waals surface area (Å²) in [4.78, 5) is 3.82. The molecule has 0 unspecified atom stereocenters. The van der Waals surface area contributed by atoms with E-state index in [2.05, 4.69) is 4.99 Å². The maximum absolute atomic E-state index is 8.76. The Kier molecular flexibility index (Phi) is 2.56. The molecule has 0 bridgehead atoms. The predicted octanol–water partition coefficient (Wildman–Crippen LogP) is -1.87. The molecule has 0 fully saturated rings. The smallest absolute Gasteiger partial charge is 0.205 e. The zero-order valence-electron chi connectivity index (χ0n) is 6.03. The van der Waals surface area contributed by atoms with Gasteiger partial charge in [0.25, 0.3) is 0 Å². The van der Waals surface area contributed by atoms with Crippen molar-refractivity contribution in [3.63, 3.8) is 0 Å². The van der Waals surface area contributed by atoms with Crippen molar-refractivity contribution in [2.24, 2.45) is 4.99 Å².